The molecule has 156 valence electrons. The van der Waals surface area contributed by atoms with Crippen LogP contribution in [0.2, 0.25) is 10.0 Å². The molecule has 1 amide bonds. The third kappa shape index (κ3) is 4.53. The van der Waals surface area contributed by atoms with Crippen LogP contribution in [0.25, 0.3) is 0 Å². The second kappa shape index (κ2) is 8.92. The highest BCUT2D eigenvalue weighted by atomic mass is 35.5. The van der Waals surface area contributed by atoms with Crippen LogP contribution in [0.5, 0.6) is 5.75 Å². The zero-order valence-electron chi connectivity index (χ0n) is 16.1. The van der Waals surface area contributed by atoms with E-state index in [1.165, 1.54) is 29.6 Å². The molecular weight excluding hydrogens is 435 g/mol. The van der Waals surface area contributed by atoms with Crippen molar-refractivity contribution in [2.24, 2.45) is 0 Å². The fraction of sp³-hybridized carbons (Fsp3) is 0.350. The number of carbonyl (C=O) groups excluding carboxylic acids is 1. The lowest BCUT2D eigenvalue weighted by molar-refractivity contribution is 0.102. The third-order valence-corrected chi connectivity index (χ3v) is 7.81. The van der Waals surface area contributed by atoms with Crippen molar-refractivity contribution in [2.45, 2.75) is 37.1 Å². The van der Waals surface area contributed by atoms with Crippen LogP contribution in [0.3, 0.4) is 0 Å². The summed E-state index contributed by atoms with van der Waals surface area (Å²) in [5, 5.41) is 3.19. The fourth-order valence-electron chi connectivity index (χ4n) is 3.37. The summed E-state index contributed by atoms with van der Waals surface area (Å²) in [7, 11) is -2.41. The Kier molecular flexibility index (Phi) is 6.73. The zero-order chi connectivity index (χ0) is 21.2. The van der Waals surface area contributed by atoms with Gasteiger partial charge in [0.15, 0.2) is 0 Å². The highest BCUT2D eigenvalue weighted by molar-refractivity contribution is 7.89. The molecule has 0 aromatic heterocycles. The largest absolute Gasteiger partial charge is 0.495 e. The summed E-state index contributed by atoms with van der Waals surface area (Å²) in [6, 6.07) is 9.09. The van der Waals surface area contributed by atoms with Crippen molar-refractivity contribution in [1.29, 1.82) is 0 Å². The van der Waals surface area contributed by atoms with Gasteiger partial charge in [0.2, 0.25) is 10.0 Å². The molecule has 1 fully saturated rings. The molecule has 0 aliphatic carbocycles. The molecule has 2 aromatic rings. The van der Waals surface area contributed by atoms with Crippen molar-refractivity contribution >= 4 is 44.8 Å². The Bertz CT molecular complexity index is 1030. The van der Waals surface area contributed by atoms with E-state index >= 15 is 0 Å². The van der Waals surface area contributed by atoms with Crippen molar-refractivity contribution in [3.05, 3.63) is 52.0 Å². The van der Waals surface area contributed by atoms with Crippen molar-refractivity contribution in [3.8, 4) is 5.75 Å². The number of amides is 1. The van der Waals surface area contributed by atoms with Crippen LogP contribution in [0.4, 0.5) is 5.69 Å². The molecule has 3 rings (SSSR count). The van der Waals surface area contributed by atoms with E-state index in [1.54, 1.807) is 18.2 Å². The first-order valence-corrected chi connectivity index (χ1v) is 11.4. The lowest BCUT2D eigenvalue weighted by Gasteiger charge is -2.32. The normalized spacial score (nSPS) is 17.7. The summed E-state index contributed by atoms with van der Waals surface area (Å²) >= 11 is 12.1. The topological polar surface area (TPSA) is 75.7 Å². The predicted molar refractivity (Wildman–Crippen MR) is 115 cm³/mol. The van der Waals surface area contributed by atoms with Gasteiger partial charge in [0.05, 0.1) is 22.8 Å². The van der Waals surface area contributed by atoms with Gasteiger partial charge in [-0.1, -0.05) is 35.7 Å². The Morgan fingerprint density at radius 3 is 2.66 bits per heavy atom. The lowest BCUT2D eigenvalue weighted by Crippen LogP contribution is -2.42. The smallest absolute Gasteiger partial charge is 0.255 e. The number of nitrogens with one attached hydrogen (secondary N) is 1. The van der Waals surface area contributed by atoms with E-state index in [0.717, 1.165) is 19.3 Å². The van der Waals surface area contributed by atoms with Crippen molar-refractivity contribution < 1.29 is 17.9 Å². The highest BCUT2D eigenvalue weighted by Gasteiger charge is 2.33. The molecule has 1 unspecified atom stereocenters. The van der Waals surface area contributed by atoms with Crippen LogP contribution < -0.4 is 10.1 Å². The Labute approximate surface area is 180 Å². The monoisotopic (exact) mass is 456 g/mol. The third-order valence-electron chi connectivity index (χ3n) is 4.95. The number of rotatable bonds is 5. The van der Waals surface area contributed by atoms with Gasteiger partial charge in [0.25, 0.3) is 5.91 Å². The standard InChI is InChI=1S/C20H22Cl2N2O4S/c1-13-6-3-4-11-24(13)29(26,27)18-12-14(9-10-17(18)28-2)20(25)23-16-8-5-7-15(21)19(16)22/h5,7-10,12-13H,3-4,6,11H2,1-2H3,(H,23,25). The number of anilines is 1. The minimum atomic E-state index is -3.82. The molecule has 0 saturated carbocycles. The van der Waals surface area contributed by atoms with Gasteiger partial charge in [-0.05, 0) is 50.1 Å². The summed E-state index contributed by atoms with van der Waals surface area (Å²) in [5.41, 5.74) is 0.513. The molecule has 1 atom stereocenters. The van der Waals surface area contributed by atoms with Gasteiger partial charge in [0, 0.05) is 18.2 Å². The molecule has 1 aliphatic rings. The first-order valence-electron chi connectivity index (χ1n) is 9.21. The Balaban J connectivity index is 1.96. The van der Waals surface area contributed by atoms with E-state index in [2.05, 4.69) is 5.32 Å². The summed E-state index contributed by atoms with van der Waals surface area (Å²) in [6.45, 7) is 2.34. The molecule has 1 heterocycles. The Morgan fingerprint density at radius 2 is 1.97 bits per heavy atom. The Hall–Kier alpha value is -1.80. The van der Waals surface area contributed by atoms with Gasteiger partial charge < -0.3 is 10.1 Å². The minimum Gasteiger partial charge on any atom is -0.495 e. The number of sulfonamides is 1. The van der Waals surface area contributed by atoms with Gasteiger partial charge in [-0.15, -0.1) is 0 Å². The highest BCUT2D eigenvalue weighted by Crippen LogP contribution is 2.33. The van der Waals surface area contributed by atoms with Crippen LogP contribution in [-0.2, 0) is 10.0 Å². The number of methoxy groups -OCH3 is 1. The van der Waals surface area contributed by atoms with Crippen molar-refractivity contribution in [2.75, 3.05) is 19.0 Å². The summed E-state index contributed by atoms with van der Waals surface area (Å²) in [5.74, 6) is -0.305. The van der Waals surface area contributed by atoms with Gasteiger partial charge in [-0.2, -0.15) is 4.31 Å². The number of carbonyl (C=O) groups is 1. The molecular formula is C20H22Cl2N2O4S. The van der Waals surface area contributed by atoms with Gasteiger partial charge >= 0.3 is 0 Å². The second-order valence-corrected chi connectivity index (χ2v) is 9.53. The maximum Gasteiger partial charge on any atom is 0.255 e. The molecule has 29 heavy (non-hydrogen) atoms. The van der Waals surface area contributed by atoms with Crippen LogP contribution in [0, 0.1) is 0 Å². The maximum atomic E-state index is 13.3. The van der Waals surface area contributed by atoms with Crippen LogP contribution in [0.15, 0.2) is 41.3 Å². The maximum absolute atomic E-state index is 13.3. The second-order valence-electron chi connectivity index (χ2n) is 6.88. The van der Waals surface area contributed by atoms with Crippen LogP contribution in [-0.4, -0.2) is 38.3 Å². The van der Waals surface area contributed by atoms with Gasteiger partial charge in [0.1, 0.15) is 10.6 Å². The number of nitrogens with zero attached hydrogens (tertiary/aromatic N) is 1. The average Bonchev–Trinajstić information content (AvgIpc) is 2.71. The van der Waals surface area contributed by atoms with E-state index in [9.17, 15) is 13.2 Å². The molecule has 0 bridgehead atoms. The SMILES string of the molecule is COc1ccc(C(=O)Nc2cccc(Cl)c2Cl)cc1S(=O)(=O)N1CCCCC1C. The first-order chi connectivity index (χ1) is 13.8. The predicted octanol–water partition coefficient (Wildman–Crippen LogP) is 4.82. The van der Waals surface area contributed by atoms with Crippen molar-refractivity contribution in [3.63, 3.8) is 0 Å². The van der Waals surface area contributed by atoms with E-state index < -0.39 is 15.9 Å². The van der Waals surface area contributed by atoms with Crippen molar-refractivity contribution in [1.82, 2.24) is 4.31 Å². The van der Waals surface area contributed by atoms with Crippen LogP contribution in [0.1, 0.15) is 36.5 Å². The molecule has 2 aromatic carbocycles. The molecule has 1 aliphatic heterocycles. The molecule has 1 N–H and O–H groups in total. The molecule has 6 nitrogen and oxygen atoms in total. The first kappa shape index (κ1) is 21.9. The Morgan fingerprint density at radius 1 is 1.21 bits per heavy atom. The van der Waals surface area contributed by atoms with Gasteiger partial charge in [-0.3, -0.25) is 4.79 Å². The van der Waals surface area contributed by atoms with Gasteiger partial charge in [-0.25, -0.2) is 8.42 Å². The van der Waals surface area contributed by atoms with E-state index in [-0.39, 0.29) is 27.3 Å². The summed E-state index contributed by atoms with van der Waals surface area (Å²) in [6.07, 6.45) is 2.60. The lowest BCUT2D eigenvalue weighted by atomic mass is 10.1. The van der Waals surface area contributed by atoms with E-state index in [0.29, 0.717) is 17.3 Å². The fourth-order valence-corrected chi connectivity index (χ4v) is 5.60. The molecule has 0 spiro atoms. The number of hydrogen-bond donors (Lipinski definition) is 1. The molecule has 0 radical (unpaired) electrons. The quantitative estimate of drug-likeness (QED) is 0.699. The zero-order valence-corrected chi connectivity index (χ0v) is 18.4. The molecule has 1 saturated heterocycles. The average molecular weight is 457 g/mol. The van der Waals surface area contributed by atoms with E-state index in [4.69, 9.17) is 27.9 Å². The minimum absolute atomic E-state index is 0.0291. The number of benzene rings is 2. The number of halogens is 2. The van der Waals surface area contributed by atoms with E-state index in [1.807, 2.05) is 6.92 Å². The summed E-state index contributed by atoms with van der Waals surface area (Å²) in [4.78, 5) is 12.7. The van der Waals surface area contributed by atoms with Crippen LogP contribution >= 0.6 is 23.2 Å². The number of ether oxygens (including phenoxy) is 1. The summed E-state index contributed by atoms with van der Waals surface area (Å²) < 4.78 is 33.3. The number of hydrogen-bond acceptors (Lipinski definition) is 4. The number of piperidine rings is 1. The molecule has 9 heteroatoms.